The summed E-state index contributed by atoms with van der Waals surface area (Å²) in [4.78, 5) is 19.1. The molecule has 0 bridgehead atoms. The third-order valence-electron chi connectivity index (χ3n) is 2.72. The van der Waals surface area contributed by atoms with Crippen LogP contribution in [0, 0.1) is 0 Å². The normalized spacial score (nSPS) is 10.4. The summed E-state index contributed by atoms with van der Waals surface area (Å²) in [6.07, 6.45) is 5.55. The predicted molar refractivity (Wildman–Crippen MR) is 77.8 cm³/mol. The molecule has 6 heteroatoms. The highest BCUT2D eigenvalue weighted by atomic mass is 32.2. The number of thioether (sulfide) groups is 1. The van der Waals surface area contributed by atoms with Crippen molar-refractivity contribution in [1.82, 2.24) is 15.3 Å². The molecule has 0 aliphatic carbocycles. The molecule has 0 aliphatic heterocycles. The maximum Gasteiger partial charge on any atom is 0.335 e. The first-order valence-electron chi connectivity index (χ1n) is 6.07. The molecule has 2 rings (SSSR count). The van der Waals surface area contributed by atoms with Crippen LogP contribution in [-0.2, 0) is 13.1 Å². The molecule has 0 atom stereocenters. The lowest BCUT2D eigenvalue weighted by molar-refractivity contribution is 0.0697. The Morgan fingerprint density at radius 2 is 1.75 bits per heavy atom. The van der Waals surface area contributed by atoms with Crippen molar-refractivity contribution < 1.29 is 9.90 Å². The second-order valence-corrected chi connectivity index (χ2v) is 4.96. The standard InChI is InChI=1S/C14H15N3O2S/c1-20-14-16-8-11(9-17-14)7-15-6-10-2-4-12(5-3-10)13(18)19/h2-5,8-9,15H,6-7H2,1H3,(H,18,19). The minimum atomic E-state index is -0.907. The van der Waals surface area contributed by atoms with Crippen LogP contribution in [0.25, 0.3) is 0 Å². The van der Waals surface area contributed by atoms with Gasteiger partial charge in [-0.15, -0.1) is 0 Å². The molecule has 2 N–H and O–H groups in total. The molecule has 0 unspecified atom stereocenters. The van der Waals surface area contributed by atoms with Gasteiger partial charge in [0.15, 0.2) is 5.16 Å². The highest BCUT2D eigenvalue weighted by Crippen LogP contribution is 2.07. The van der Waals surface area contributed by atoms with Crippen molar-refractivity contribution in [3.05, 3.63) is 53.3 Å². The lowest BCUT2D eigenvalue weighted by atomic mass is 10.1. The van der Waals surface area contributed by atoms with Crippen molar-refractivity contribution in [2.45, 2.75) is 18.2 Å². The third kappa shape index (κ3) is 4.04. The number of hydrogen-bond acceptors (Lipinski definition) is 5. The molecule has 0 fully saturated rings. The molecule has 104 valence electrons. The topological polar surface area (TPSA) is 75.1 Å². The van der Waals surface area contributed by atoms with Crippen LogP contribution in [0.2, 0.25) is 0 Å². The summed E-state index contributed by atoms with van der Waals surface area (Å²) in [7, 11) is 0. The number of aromatic nitrogens is 2. The second kappa shape index (κ2) is 7.02. The van der Waals surface area contributed by atoms with Crippen LogP contribution < -0.4 is 5.32 Å². The van der Waals surface area contributed by atoms with E-state index in [1.807, 2.05) is 18.4 Å². The molecule has 20 heavy (non-hydrogen) atoms. The zero-order valence-electron chi connectivity index (χ0n) is 11.0. The molecule has 0 aliphatic rings. The Bertz CT molecular complexity index is 570. The van der Waals surface area contributed by atoms with Gasteiger partial charge < -0.3 is 10.4 Å². The Morgan fingerprint density at radius 1 is 1.15 bits per heavy atom. The Kier molecular flexibility index (Phi) is 5.09. The van der Waals surface area contributed by atoms with Gasteiger partial charge in [-0.25, -0.2) is 14.8 Å². The molecular weight excluding hydrogens is 274 g/mol. The van der Waals surface area contributed by atoms with Crippen molar-refractivity contribution in [3.63, 3.8) is 0 Å². The minimum absolute atomic E-state index is 0.301. The summed E-state index contributed by atoms with van der Waals surface area (Å²) in [5.74, 6) is -0.907. The van der Waals surface area contributed by atoms with Gasteiger partial charge >= 0.3 is 5.97 Å². The average molecular weight is 289 g/mol. The number of nitrogens with one attached hydrogen (secondary N) is 1. The van der Waals surface area contributed by atoms with Crippen molar-refractivity contribution in [1.29, 1.82) is 0 Å². The first kappa shape index (κ1) is 14.5. The number of carbonyl (C=O) groups is 1. The van der Waals surface area contributed by atoms with E-state index in [0.717, 1.165) is 16.3 Å². The Balaban J connectivity index is 1.84. The molecule has 2 aromatic rings. The van der Waals surface area contributed by atoms with E-state index in [-0.39, 0.29) is 0 Å². The monoisotopic (exact) mass is 289 g/mol. The Labute approximate surface area is 121 Å². The third-order valence-corrected chi connectivity index (χ3v) is 3.30. The van der Waals surface area contributed by atoms with Crippen LogP contribution in [0.15, 0.2) is 41.8 Å². The Morgan fingerprint density at radius 3 is 2.30 bits per heavy atom. The SMILES string of the molecule is CSc1ncc(CNCc2ccc(C(=O)O)cc2)cn1. The molecule has 1 aromatic carbocycles. The van der Waals surface area contributed by atoms with Gasteiger partial charge in [-0.3, -0.25) is 0 Å². The molecule has 1 aromatic heterocycles. The van der Waals surface area contributed by atoms with E-state index in [2.05, 4.69) is 15.3 Å². The zero-order chi connectivity index (χ0) is 14.4. The summed E-state index contributed by atoms with van der Waals surface area (Å²) in [6.45, 7) is 1.35. The maximum absolute atomic E-state index is 10.7. The van der Waals surface area contributed by atoms with Gasteiger partial charge in [0.05, 0.1) is 5.56 Å². The first-order valence-corrected chi connectivity index (χ1v) is 7.29. The summed E-state index contributed by atoms with van der Waals surface area (Å²) < 4.78 is 0. The summed E-state index contributed by atoms with van der Waals surface area (Å²) in [5, 5.41) is 12.8. The van der Waals surface area contributed by atoms with Gasteiger partial charge in [0.2, 0.25) is 0 Å². The average Bonchev–Trinajstić information content (AvgIpc) is 2.48. The fourth-order valence-electron chi connectivity index (χ4n) is 1.66. The summed E-state index contributed by atoms with van der Waals surface area (Å²) >= 11 is 1.51. The van der Waals surface area contributed by atoms with Crippen LogP contribution in [-0.4, -0.2) is 27.3 Å². The number of aromatic carboxylic acids is 1. The van der Waals surface area contributed by atoms with Gasteiger partial charge in [-0.05, 0) is 24.0 Å². The molecule has 0 amide bonds. The van der Waals surface area contributed by atoms with Crippen LogP contribution in [0.4, 0.5) is 0 Å². The molecule has 0 saturated carbocycles. The number of hydrogen-bond donors (Lipinski definition) is 2. The van der Waals surface area contributed by atoms with E-state index in [1.165, 1.54) is 11.8 Å². The highest BCUT2D eigenvalue weighted by molar-refractivity contribution is 7.98. The van der Waals surface area contributed by atoms with E-state index in [0.29, 0.717) is 18.7 Å². The second-order valence-electron chi connectivity index (χ2n) is 4.18. The van der Waals surface area contributed by atoms with E-state index >= 15 is 0 Å². The largest absolute Gasteiger partial charge is 0.478 e. The van der Waals surface area contributed by atoms with E-state index in [1.54, 1.807) is 24.5 Å². The number of rotatable bonds is 6. The van der Waals surface area contributed by atoms with E-state index in [9.17, 15) is 4.79 Å². The van der Waals surface area contributed by atoms with Gasteiger partial charge in [-0.1, -0.05) is 23.9 Å². The van der Waals surface area contributed by atoms with E-state index in [4.69, 9.17) is 5.11 Å². The highest BCUT2D eigenvalue weighted by Gasteiger charge is 2.01. The van der Waals surface area contributed by atoms with Gasteiger partial charge in [-0.2, -0.15) is 0 Å². The smallest absolute Gasteiger partial charge is 0.335 e. The lowest BCUT2D eigenvalue weighted by Gasteiger charge is -2.05. The molecular formula is C14H15N3O2S. The maximum atomic E-state index is 10.7. The number of carboxylic acid groups (broad SMARTS) is 1. The van der Waals surface area contributed by atoms with Gasteiger partial charge in [0.1, 0.15) is 0 Å². The molecule has 0 spiro atoms. The number of nitrogens with zero attached hydrogens (tertiary/aromatic N) is 2. The number of carboxylic acids is 1. The first-order chi connectivity index (χ1) is 9.69. The molecule has 5 nitrogen and oxygen atoms in total. The Hall–Kier alpha value is -1.92. The van der Waals surface area contributed by atoms with Crippen LogP contribution in [0.3, 0.4) is 0 Å². The molecule has 1 heterocycles. The zero-order valence-corrected chi connectivity index (χ0v) is 11.9. The lowest BCUT2D eigenvalue weighted by Crippen LogP contribution is -2.13. The fraction of sp³-hybridized carbons (Fsp3) is 0.214. The van der Waals surface area contributed by atoms with Crippen LogP contribution in [0.5, 0.6) is 0 Å². The van der Waals surface area contributed by atoms with Gasteiger partial charge in [0.25, 0.3) is 0 Å². The van der Waals surface area contributed by atoms with E-state index < -0.39 is 5.97 Å². The minimum Gasteiger partial charge on any atom is -0.478 e. The van der Waals surface area contributed by atoms with Crippen molar-refractivity contribution in [2.75, 3.05) is 6.26 Å². The predicted octanol–water partition coefficient (Wildman–Crippen LogP) is 2.19. The summed E-state index contributed by atoms with van der Waals surface area (Å²) in [5.41, 5.74) is 2.36. The van der Waals surface area contributed by atoms with Crippen LogP contribution >= 0.6 is 11.8 Å². The fourth-order valence-corrected chi connectivity index (χ4v) is 1.97. The molecule has 0 radical (unpaired) electrons. The van der Waals surface area contributed by atoms with Crippen molar-refractivity contribution in [3.8, 4) is 0 Å². The molecule has 0 saturated heterocycles. The van der Waals surface area contributed by atoms with Crippen molar-refractivity contribution >= 4 is 17.7 Å². The quantitative estimate of drug-likeness (QED) is 0.627. The van der Waals surface area contributed by atoms with Gasteiger partial charge in [0, 0.05) is 31.0 Å². The van der Waals surface area contributed by atoms with Crippen molar-refractivity contribution in [2.24, 2.45) is 0 Å². The summed E-state index contributed by atoms with van der Waals surface area (Å²) in [6, 6.07) is 6.83. The number of benzene rings is 1. The van der Waals surface area contributed by atoms with Crippen LogP contribution in [0.1, 0.15) is 21.5 Å².